The number of aromatic nitrogens is 4. The summed E-state index contributed by atoms with van der Waals surface area (Å²) in [5.41, 5.74) is 1.98. The van der Waals surface area contributed by atoms with Crippen molar-refractivity contribution in [3.63, 3.8) is 0 Å². The molecule has 10 heteroatoms. The summed E-state index contributed by atoms with van der Waals surface area (Å²) in [6, 6.07) is 16.5. The SMILES string of the molecule is Cc1nc(Nc2ccc(NC(=O)[C@H]3CC(=O)N(c4ccc(F)cc4)C3)cc2)cc(-n2cccn2)n1. The number of amides is 2. The van der Waals surface area contributed by atoms with Crippen molar-refractivity contribution in [1.82, 2.24) is 19.7 Å². The summed E-state index contributed by atoms with van der Waals surface area (Å²) in [5.74, 6) is 0.603. The van der Waals surface area contributed by atoms with Gasteiger partial charge in [0, 0.05) is 48.5 Å². The summed E-state index contributed by atoms with van der Waals surface area (Å²) < 4.78 is 14.8. The molecule has 9 nitrogen and oxygen atoms in total. The highest BCUT2D eigenvalue weighted by Crippen LogP contribution is 2.27. The second-order valence-corrected chi connectivity index (χ2v) is 8.18. The molecular formula is C25H22FN7O2. The van der Waals surface area contributed by atoms with E-state index in [1.54, 1.807) is 35.3 Å². The van der Waals surface area contributed by atoms with Crippen LogP contribution in [0.2, 0.25) is 0 Å². The van der Waals surface area contributed by atoms with Gasteiger partial charge in [-0.05, 0) is 61.5 Å². The molecular weight excluding hydrogens is 449 g/mol. The van der Waals surface area contributed by atoms with Crippen LogP contribution >= 0.6 is 0 Å². The van der Waals surface area contributed by atoms with Gasteiger partial charge >= 0.3 is 0 Å². The molecule has 1 aliphatic heterocycles. The summed E-state index contributed by atoms with van der Waals surface area (Å²) in [4.78, 5) is 35.5. The van der Waals surface area contributed by atoms with E-state index in [9.17, 15) is 14.0 Å². The van der Waals surface area contributed by atoms with E-state index in [0.717, 1.165) is 5.69 Å². The van der Waals surface area contributed by atoms with Crippen LogP contribution in [0.25, 0.3) is 5.82 Å². The average Bonchev–Trinajstić information content (AvgIpc) is 3.51. The van der Waals surface area contributed by atoms with Crippen molar-refractivity contribution >= 4 is 34.7 Å². The molecule has 2 amide bonds. The van der Waals surface area contributed by atoms with E-state index in [-0.39, 0.29) is 30.6 Å². The number of aryl methyl sites for hydroxylation is 1. The Morgan fingerprint density at radius 3 is 2.51 bits per heavy atom. The lowest BCUT2D eigenvalue weighted by Gasteiger charge is -2.16. The van der Waals surface area contributed by atoms with Crippen molar-refractivity contribution in [2.45, 2.75) is 13.3 Å². The zero-order valence-corrected chi connectivity index (χ0v) is 18.9. The molecule has 4 aromatic rings. The number of hydrogen-bond donors (Lipinski definition) is 2. The van der Waals surface area contributed by atoms with E-state index in [4.69, 9.17) is 0 Å². The molecule has 1 aliphatic rings. The van der Waals surface area contributed by atoms with E-state index >= 15 is 0 Å². The van der Waals surface area contributed by atoms with Gasteiger partial charge in [0.1, 0.15) is 17.5 Å². The maximum atomic E-state index is 13.2. The Morgan fingerprint density at radius 2 is 1.80 bits per heavy atom. The van der Waals surface area contributed by atoms with Crippen molar-refractivity contribution in [1.29, 1.82) is 0 Å². The number of carbonyl (C=O) groups is 2. The predicted molar refractivity (Wildman–Crippen MR) is 129 cm³/mol. The van der Waals surface area contributed by atoms with Gasteiger partial charge in [-0.2, -0.15) is 5.10 Å². The predicted octanol–water partition coefficient (Wildman–Crippen LogP) is 3.85. The van der Waals surface area contributed by atoms with Gasteiger partial charge in [0.05, 0.1) is 5.92 Å². The summed E-state index contributed by atoms with van der Waals surface area (Å²) in [6.45, 7) is 2.06. The Morgan fingerprint density at radius 1 is 1.06 bits per heavy atom. The monoisotopic (exact) mass is 471 g/mol. The summed E-state index contributed by atoms with van der Waals surface area (Å²) in [5, 5.41) is 10.3. The second kappa shape index (κ2) is 9.34. The molecule has 1 atom stereocenters. The average molecular weight is 471 g/mol. The highest BCUT2D eigenvalue weighted by molar-refractivity contribution is 6.03. The minimum atomic E-state index is -0.491. The van der Waals surface area contributed by atoms with Gasteiger partial charge in [0.25, 0.3) is 0 Å². The van der Waals surface area contributed by atoms with Gasteiger partial charge in [0.2, 0.25) is 11.8 Å². The van der Waals surface area contributed by atoms with Gasteiger partial charge in [0.15, 0.2) is 5.82 Å². The molecule has 176 valence electrons. The van der Waals surface area contributed by atoms with Crippen molar-refractivity contribution in [3.8, 4) is 5.82 Å². The van der Waals surface area contributed by atoms with Crippen LogP contribution in [0.4, 0.5) is 27.3 Å². The van der Waals surface area contributed by atoms with Crippen LogP contribution in [-0.4, -0.2) is 38.1 Å². The highest BCUT2D eigenvalue weighted by Gasteiger charge is 2.35. The molecule has 5 rings (SSSR count). The molecule has 0 bridgehead atoms. The quantitative estimate of drug-likeness (QED) is 0.443. The smallest absolute Gasteiger partial charge is 0.229 e. The van der Waals surface area contributed by atoms with Crippen LogP contribution in [0.15, 0.2) is 73.1 Å². The molecule has 0 spiro atoms. The lowest BCUT2D eigenvalue weighted by molar-refractivity contribution is -0.122. The summed E-state index contributed by atoms with van der Waals surface area (Å²) in [6.07, 6.45) is 3.59. The van der Waals surface area contributed by atoms with Crippen molar-refractivity contribution in [3.05, 3.63) is 84.7 Å². The Balaban J connectivity index is 1.22. The standard InChI is InChI=1S/C25H22FN7O2/c1-16-28-22(14-23(29-16)33-12-2-11-27-33)30-19-5-7-20(8-6-19)31-25(35)17-13-24(34)32(15-17)21-9-3-18(26)4-10-21/h2-12,14,17H,13,15H2,1H3,(H,31,35)(H,28,29,30)/t17-/m0/s1. The maximum Gasteiger partial charge on any atom is 0.229 e. The van der Waals surface area contributed by atoms with Gasteiger partial charge in [-0.1, -0.05) is 0 Å². The summed E-state index contributed by atoms with van der Waals surface area (Å²) in [7, 11) is 0. The number of nitrogens with one attached hydrogen (secondary N) is 2. The Labute approximate surface area is 200 Å². The molecule has 0 radical (unpaired) electrons. The lowest BCUT2D eigenvalue weighted by atomic mass is 10.1. The fraction of sp³-hybridized carbons (Fsp3) is 0.160. The largest absolute Gasteiger partial charge is 0.340 e. The van der Waals surface area contributed by atoms with E-state index < -0.39 is 5.92 Å². The highest BCUT2D eigenvalue weighted by atomic mass is 19.1. The third-order valence-electron chi connectivity index (χ3n) is 5.62. The van der Waals surface area contributed by atoms with Gasteiger partial charge in [-0.3, -0.25) is 9.59 Å². The van der Waals surface area contributed by atoms with Crippen LogP contribution in [0, 0.1) is 18.7 Å². The van der Waals surface area contributed by atoms with Crippen LogP contribution in [0.1, 0.15) is 12.2 Å². The molecule has 2 N–H and O–H groups in total. The molecule has 1 fully saturated rings. The zero-order chi connectivity index (χ0) is 24.4. The topological polar surface area (TPSA) is 105 Å². The molecule has 3 heterocycles. The maximum absolute atomic E-state index is 13.2. The number of rotatable bonds is 6. The normalized spacial score (nSPS) is 15.3. The molecule has 0 saturated carbocycles. The first kappa shape index (κ1) is 22.2. The third kappa shape index (κ3) is 5.01. The number of hydrogen-bond acceptors (Lipinski definition) is 6. The van der Waals surface area contributed by atoms with Crippen LogP contribution in [0.3, 0.4) is 0 Å². The van der Waals surface area contributed by atoms with Crippen LogP contribution in [-0.2, 0) is 9.59 Å². The number of anilines is 4. The van der Waals surface area contributed by atoms with E-state index in [2.05, 4.69) is 25.7 Å². The Bertz CT molecular complexity index is 1360. The number of halogens is 1. The minimum Gasteiger partial charge on any atom is -0.340 e. The fourth-order valence-corrected chi connectivity index (χ4v) is 3.92. The zero-order valence-electron chi connectivity index (χ0n) is 18.9. The molecule has 35 heavy (non-hydrogen) atoms. The third-order valence-corrected chi connectivity index (χ3v) is 5.62. The first-order valence-corrected chi connectivity index (χ1v) is 11.0. The number of nitrogens with zero attached hydrogens (tertiary/aromatic N) is 5. The van der Waals surface area contributed by atoms with E-state index in [0.29, 0.717) is 28.8 Å². The lowest BCUT2D eigenvalue weighted by Crippen LogP contribution is -2.28. The van der Waals surface area contributed by atoms with Crippen molar-refractivity contribution in [2.75, 3.05) is 22.1 Å². The summed E-state index contributed by atoms with van der Waals surface area (Å²) >= 11 is 0. The van der Waals surface area contributed by atoms with Gasteiger partial charge in [-0.15, -0.1) is 0 Å². The molecule has 2 aromatic carbocycles. The van der Waals surface area contributed by atoms with Crippen LogP contribution < -0.4 is 15.5 Å². The number of carbonyl (C=O) groups excluding carboxylic acids is 2. The van der Waals surface area contributed by atoms with Gasteiger partial charge in [-0.25, -0.2) is 19.0 Å². The minimum absolute atomic E-state index is 0.106. The van der Waals surface area contributed by atoms with Crippen LogP contribution in [0.5, 0.6) is 0 Å². The Hall–Kier alpha value is -4.60. The first-order valence-electron chi connectivity index (χ1n) is 11.0. The van der Waals surface area contributed by atoms with Gasteiger partial charge < -0.3 is 15.5 Å². The molecule has 0 aliphatic carbocycles. The number of benzene rings is 2. The molecule has 2 aromatic heterocycles. The second-order valence-electron chi connectivity index (χ2n) is 8.18. The fourth-order valence-electron chi connectivity index (χ4n) is 3.92. The Kier molecular flexibility index (Phi) is 5.92. The van der Waals surface area contributed by atoms with E-state index in [1.165, 1.54) is 29.2 Å². The van der Waals surface area contributed by atoms with E-state index in [1.807, 2.05) is 25.1 Å². The van der Waals surface area contributed by atoms with Crippen molar-refractivity contribution in [2.24, 2.45) is 5.92 Å². The first-order chi connectivity index (χ1) is 16.9. The molecule has 1 saturated heterocycles. The van der Waals surface area contributed by atoms with Crippen molar-refractivity contribution < 1.29 is 14.0 Å². The molecule has 0 unspecified atom stereocenters.